The molecule has 0 aliphatic rings. The Balaban J connectivity index is 4.05. The number of aliphatic hydroxyl groups is 1. The zero-order valence-corrected chi connectivity index (χ0v) is 8.55. The van der Waals surface area contributed by atoms with Gasteiger partial charge in [0.2, 0.25) is 0 Å². The average molecular weight is 195 g/mol. The first kappa shape index (κ1) is 11.7. The van der Waals surface area contributed by atoms with E-state index in [0.717, 1.165) is 0 Å². The van der Waals surface area contributed by atoms with Crippen molar-refractivity contribution in [2.75, 3.05) is 0 Å². The van der Waals surface area contributed by atoms with E-state index < -0.39 is 23.1 Å². The fourth-order valence-electron chi connectivity index (χ4n) is 0.555. The number of ether oxygens (including phenoxy) is 1. The molecular formula is C8H15ClO3. The van der Waals surface area contributed by atoms with Crippen molar-refractivity contribution in [2.24, 2.45) is 0 Å². The molecule has 12 heavy (non-hydrogen) atoms. The number of hydrogen-bond donors (Lipinski definition) is 1. The number of halogens is 1. The minimum atomic E-state index is -0.982. The Bertz CT molecular complexity index is 160. The Morgan fingerprint density at radius 1 is 1.50 bits per heavy atom. The summed E-state index contributed by atoms with van der Waals surface area (Å²) >= 11 is 5.55. The highest BCUT2D eigenvalue weighted by atomic mass is 35.5. The van der Waals surface area contributed by atoms with Crippen molar-refractivity contribution in [3.63, 3.8) is 0 Å². The number of aliphatic hydroxyl groups excluding tert-OH is 1. The molecular weight excluding hydrogens is 180 g/mol. The highest BCUT2D eigenvalue weighted by Gasteiger charge is 2.26. The standard InChI is InChI=1S/C8H15ClO3/c1-5(10)6(9)7(11)12-8(2,3)4/h5-6,10H,1-4H3/t5?,6-/m1/s1. The normalized spacial score (nSPS) is 16.8. The van der Waals surface area contributed by atoms with Crippen LogP contribution in [0.15, 0.2) is 0 Å². The van der Waals surface area contributed by atoms with Gasteiger partial charge in [-0.3, -0.25) is 4.79 Å². The van der Waals surface area contributed by atoms with Crippen LogP contribution < -0.4 is 0 Å². The second kappa shape index (κ2) is 4.10. The van der Waals surface area contributed by atoms with Gasteiger partial charge in [0.05, 0.1) is 6.10 Å². The summed E-state index contributed by atoms with van der Waals surface area (Å²) < 4.78 is 4.93. The van der Waals surface area contributed by atoms with Crippen LogP contribution in [0.4, 0.5) is 0 Å². The molecule has 4 heteroatoms. The zero-order chi connectivity index (χ0) is 9.94. The molecule has 72 valence electrons. The van der Waals surface area contributed by atoms with Crippen molar-refractivity contribution < 1.29 is 14.6 Å². The molecule has 0 aromatic carbocycles. The molecule has 0 radical (unpaired) electrons. The van der Waals surface area contributed by atoms with Crippen molar-refractivity contribution >= 4 is 17.6 Å². The molecule has 0 spiro atoms. The van der Waals surface area contributed by atoms with E-state index in [1.165, 1.54) is 6.92 Å². The number of rotatable bonds is 2. The molecule has 0 amide bonds. The molecule has 1 N–H and O–H groups in total. The molecule has 0 bridgehead atoms. The highest BCUT2D eigenvalue weighted by molar-refractivity contribution is 6.30. The number of hydrogen-bond acceptors (Lipinski definition) is 3. The lowest BCUT2D eigenvalue weighted by Gasteiger charge is -2.22. The topological polar surface area (TPSA) is 46.5 Å². The lowest BCUT2D eigenvalue weighted by Crippen LogP contribution is -2.34. The second-order valence-corrected chi connectivity index (χ2v) is 4.15. The summed E-state index contributed by atoms with van der Waals surface area (Å²) in [4.78, 5) is 11.1. The van der Waals surface area contributed by atoms with Gasteiger partial charge in [0, 0.05) is 0 Å². The summed E-state index contributed by atoms with van der Waals surface area (Å²) in [6, 6.07) is 0. The largest absolute Gasteiger partial charge is 0.459 e. The number of carbonyl (C=O) groups is 1. The smallest absolute Gasteiger partial charge is 0.327 e. The van der Waals surface area contributed by atoms with Gasteiger partial charge in [-0.2, -0.15) is 0 Å². The van der Waals surface area contributed by atoms with Crippen molar-refractivity contribution in [2.45, 2.75) is 44.8 Å². The molecule has 0 heterocycles. The quantitative estimate of drug-likeness (QED) is 0.533. The third-order valence-corrected chi connectivity index (χ3v) is 1.60. The van der Waals surface area contributed by atoms with Crippen LogP contribution in [-0.4, -0.2) is 28.2 Å². The predicted molar refractivity (Wildman–Crippen MR) is 47.2 cm³/mol. The van der Waals surface area contributed by atoms with E-state index in [9.17, 15) is 4.79 Å². The summed E-state index contributed by atoms with van der Waals surface area (Å²) in [5, 5.41) is 7.97. The molecule has 0 aromatic heterocycles. The van der Waals surface area contributed by atoms with Crippen LogP contribution >= 0.6 is 11.6 Å². The molecule has 0 saturated heterocycles. The van der Waals surface area contributed by atoms with Gasteiger partial charge in [0.25, 0.3) is 0 Å². The van der Waals surface area contributed by atoms with Crippen LogP contribution in [0, 0.1) is 0 Å². The van der Waals surface area contributed by atoms with Crippen molar-refractivity contribution in [3.05, 3.63) is 0 Å². The fourth-order valence-corrected chi connectivity index (χ4v) is 0.600. The first-order valence-electron chi connectivity index (χ1n) is 3.79. The van der Waals surface area contributed by atoms with Crippen LogP contribution in [-0.2, 0) is 9.53 Å². The van der Waals surface area contributed by atoms with E-state index in [-0.39, 0.29) is 0 Å². The van der Waals surface area contributed by atoms with Gasteiger partial charge in [0.1, 0.15) is 5.60 Å². The number of esters is 1. The lowest BCUT2D eigenvalue weighted by molar-refractivity contribution is -0.156. The molecule has 0 rings (SSSR count). The van der Waals surface area contributed by atoms with Gasteiger partial charge in [-0.15, -0.1) is 11.6 Å². The summed E-state index contributed by atoms with van der Waals surface area (Å²) in [6.45, 7) is 6.69. The van der Waals surface area contributed by atoms with E-state index in [2.05, 4.69) is 0 Å². The minimum absolute atomic E-state index is 0.556. The summed E-state index contributed by atoms with van der Waals surface area (Å²) in [5.41, 5.74) is -0.556. The third-order valence-electron chi connectivity index (χ3n) is 1.06. The van der Waals surface area contributed by atoms with Crippen LogP contribution in [0.25, 0.3) is 0 Å². The zero-order valence-electron chi connectivity index (χ0n) is 7.80. The van der Waals surface area contributed by atoms with E-state index in [1.807, 2.05) is 0 Å². The van der Waals surface area contributed by atoms with Gasteiger partial charge < -0.3 is 9.84 Å². The number of carbonyl (C=O) groups excluding carboxylic acids is 1. The SMILES string of the molecule is CC(O)[C@@H](Cl)C(=O)OC(C)(C)C. The molecule has 3 nitrogen and oxygen atoms in total. The fraction of sp³-hybridized carbons (Fsp3) is 0.875. The van der Waals surface area contributed by atoms with Gasteiger partial charge in [-0.05, 0) is 27.7 Å². The minimum Gasteiger partial charge on any atom is -0.459 e. The van der Waals surface area contributed by atoms with Gasteiger partial charge in [-0.25, -0.2) is 0 Å². The van der Waals surface area contributed by atoms with Crippen LogP contribution in [0.1, 0.15) is 27.7 Å². The first-order chi connectivity index (χ1) is 5.24. The second-order valence-electron chi connectivity index (χ2n) is 3.68. The highest BCUT2D eigenvalue weighted by Crippen LogP contribution is 2.12. The Morgan fingerprint density at radius 3 is 2.17 bits per heavy atom. The lowest BCUT2D eigenvalue weighted by atomic mass is 10.2. The van der Waals surface area contributed by atoms with E-state index in [1.54, 1.807) is 20.8 Å². The van der Waals surface area contributed by atoms with E-state index in [4.69, 9.17) is 21.4 Å². The van der Waals surface area contributed by atoms with Gasteiger partial charge in [-0.1, -0.05) is 0 Å². The summed E-state index contributed by atoms with van der Waals surface area (Å²) in [6.07, 6.45) is -0.887. The molecule has 1 unspecified atom stereocenters. The van der Waals surface area contributed by atoms with Gasteiger partial charge >= 0.3 is 5.97 Å². The number of alkyl halides is 1. The molecule has 0 aromatic rings. The monoisotopic (exact) mass is 194 g/mol. The van der Waals surface area contributed by atoms with Crippen LogP contribution in [0.2, 0.25) is 0 Å². The van der Waals surface area contributed by atoms with Crippen LogP contribution in [0.5, 0.6) is 0 Å². The Kier molecular flexibility index (Phi) is 4.00. The van der Waals surface area contributed by atoms with Crippen molar-refractivity contribution in [1.29, 1.82) is 0 Å². The van der Waals surface area contributed by atoms with Gasteiger partial charge in [0.15, 0.2) is 5.38 Å². The molecule has 0 saturated carbocycles. The summed E-state index contributed by atoms with van der Waals surface area (Å²) in [5.74, 6) is -0.584. The Hall–Kier alpha value is -0.280. The third kappa shape index (κ3) is 4.57. The summed E-state index contributed by atoms with van der Waals surface area (Å²) in [7, 11) is 0. The molecule has 0 aliphatic carbocycles. The molecule has 0 fully saturated rings. The van der Waals surface area contributed by atoms with E-state index >= 15 is 0 Å². The predicted octanol–water partition coefficient (Wildman–Crippen LogP) is 1.32. The molecule has 0 aliphatic heterocycles. The Morgan fingerprint density at radius 2 is 1.92 bits per heavy atom. The Labute approximate surface area is 77.7 Å². The first-order valence-corrected chi connectivity index (χ1v) is 4.22. The van der Waals surface area contributed by atoms with Crippen LogP contribution in [0.3, 0.4) is 0 Å². The maximum Gasteiger partial charge on any atom is 0.327 e. The van der Waals surface area contributed by atoms with Crippen molar-refractivity contribution in [1.82, 2.24) is 0 Å². The molecule has 2 atom stereocenters. The van der Waals surface area contributed by atoms with E-state index in [0.29, 0.717) is 0 Å². The van der Waals surface area contributed by atoms with Crippen molar-refractivity contribution in [3.8, 4) is 0 Å². The average Bonchev–Trinajstić information content (AvgIpc) is 1.82. The maximum absolute atomic E-state index is 11.1. The maximum atomic E-state index is 11.1.